The summed E-state index contributed by atoms with van der Waals surface area (Å²) in [5, 5.41) is 14.7. The van der Waals surface area contributed by atoms with E-state index in [1.54, 1.807) is 4.68 Å². The third kappa shape index (κ3) is 4.99. The molecule has 0 aliphatic rings. The van der Waals surface area contributed by atoms with Crippen LogP contribution in [0.25, 0.3) is 16.6 Å². The fourth-order valence-corrected chi connectivity index (χ4v) is 3.08. The number of likely N-dealkylation sites (N-methyl/N-ethyl adjacent to an activating group) is 1. The quantitative estimate of drug-likeness (QED) is 0.604. The molecule has 2 aromatic carbocycles. The van der Waals surface area contributed by atoms with Crippen LogP contribution >= 0.6 is 11.6 Å². The van der Waals surface area contributed by atoms with Crippen LogP contribution in [0, 0.1) is 0 Å². The first-order valence-electron chi connectivity index (χ1n) is 8.81. The number of nitrogens with zero attached hydrogens (tertiary/aromatic N) is 3. The van der Waals surface area contributed by atoms with Gasteiger partial charge in [0.05, 0.1) is 11.2 Å². The molecule has 0 saturated heterocycles. The summed E-state index contributed by atoms with van der Waals surface area (Å²) in [7, 11) is 1.96. The van der Waals surface area contributed by atoms with Crippen LogP contribution in [0.5, 0.6) is 5.75 Å². The summed E-state index contributed by atoms with van der Waals surface area (Å²) in [4.78, 5) is 12.6. The fraction of sp³-hybridized carbons (Fsp3) is 0.300. The van der Waals surface area contributed by atoms with Gasteiger partial charge in [0.15, 0.2) is 0 Å². The van der Waals surface area contributed by atoms with Crippen molar-refractivity contribution in [2.75, 3.05) is 26.7 Å². The molecule has 1 N–H and O–H groups in total. The van der Waals surface area contributed by atoms with Gasteiger partial charge in [-0.1, -0.05) is 23.7 Å². The lowest BCUT2D eigenvalue weighted by Crippen LogP contribution is -2.25. The van der Waals surface area contributed by atoms with E-state index in [2.05, 4.69) is 10.00 Å². The number of aromatic nitrogens is 2. The van der Waals surface area contributed by atoms with E-state index < -0.39 is 5.97 Å². The number of fused-ring (bicyclic) bond motifs is 1. The van der Waals surface area contributed by atoms with E-state index in [0.29, 0.717) is 18.2 Å². The molecule has 0 bridgehead atoms. The molecule has 0 amide bonds. The van der Waals surface area contributed by atoms with Crippen molar-refractivity contribution in [1.29, 1.82) is 0 Å². The second kappa shape index (κ2) is 8.88. The van der Waals surface area contributed by atoms with Gasteiger partial charge in [0.25, 0.3) is 0 Å². The van der Waals surface area contributed by atoms with Crippen LogP contribution in [-0.4, -0.2) is 52.5 Å². The first kappa shape index (κ1) is 19.2. The molecule has 1 heterocycles. The predicted molar refractivity (Wildman–Crippen MR) is 106 cm³/mol. The van der Waals surface area contributed by atoms with E-state index in [4.69, 9.17) is 21.4 Å². The molecule has 27 heavy (non-hydrogen) atoms. The van der Waals surface area contributed by atoms with Crippen molar-refractivity contribution in [3.8, 4) is 11.4 Å². The van der Waals surface area contributed by atoms with Gasteiger partial charge in [-0.2, -0.15) is 5.10 Å². The Morgan fingerprint density at radius 3 is 2.63 bits per heavy atom. The second-order valence-corrected chi connectivity index (χ2v) is 6.72. The molecule has 1 aromatic heterocycles. The summed E-state index contributed by atoms with van der Waals surface area (Å²) in [5.41, 5.74) is 1.73. The average molecular weight is 388 g/mol. The van der Waals surface area contributed by atoms with E-state index in [-0.39, 0.29) is 6.42 Å². The number of hydrogen-bond donors (Lipinski definition) is 1. The SMILES string of the molecule is CN(CCCC(=O)O)CCOc1ccc(-n2nc3ccccc3c2Cl)cc1. The third-order valence-corrected chi connectivity index (χ3v) is 4.64. The highest BCUT2D eigenvalue weighted by Gasteiger charge is 2.10. The van der Waals surface area contributed by atoms with Crippen LogP contribution in [0.4, 0.5) is 0 Å². The average Bonchev–Trinajstić information content (AvgIpc) is 2.99. The molecule has 0 radical (unpaired) electrons. The summed E-state index contributed by atoms with van der Waals surface area (Å²) in [5.74, 6) is 0.00967. The molecule has 6 nitrogen and oxygen atoms in total. The van der Waals surface area contributed by atoms with Crippen molar-refractivity contribution in [2.24, 2.45) is 0 Å². The van der Waals surface area contributed by atoms with Gasteiger partial charge in [0.2, 0.25) is 0 Å². The van der Waals surface area contributed by atoms with Crippen LogP contribution in [0.2, 0.25) is 5.15 Å². The molecule has 0 spiro atoms. The molecule has 7 heteroatoms. The predicted octanol–water partition coefficient (Wildman–Crippen LogP) is 3.85. The lowest BCUT2D eigenvalue weighted by molar-refractivity contribution is -0.137. The molecular weight excluding hydrogens is 366 g/mol. The molecule has 3 aromatic rings. The number of carboxylic acids is 1. The zero-order chi connectivity index (χ0) is 19.2. The smallest absolute Gasteiger partial charge is 0.303 e. The number of halogens is 1. The van der Waals surface area contributed by atoms with Crippen molar-refractivity contribution in [1.82, 2.24) is 14.7 Å². The number of hydrogen-bond acceptors (Lipinski definition) is 4. The van der Waals surface area contributed by atoms with Crippen molar-refractivity contribution in [3.63, 3.8) is 0 Å². The zero-order valence-corrected chi connectivity index (χ0v) is 15.9. The van der Waals surface area contributed by atoms with Crippen LogP contribution < -0.4 is 4.74 Å². The Morgan fingerprint density at radius 2 is 1.93 bits per heavy atom. The first-order valence-corrected chi connectivity index (χ1v) is 9.19. The standard InChI is InChI=1S/C20H22ClN3O3/c1-23(12-4-7-19(25)26)13-14-27-16-10-8-15(9-11-16)24-20(21)17-5-2-3-6-18(17)22-24/h2-3,5-6,8-11H,4,7,12-14H2,1H3,(H,25,26). The zero-order valence-electron chi connectivity index (χ0n) is 15.1. The molecule has 0 unspecified atom stereocenters. The Labute approximate surface area is 162 Å². The van der Waals surface area contributed by atoms with Gasteiger partial charge in [-0.05, 0) is 56.4 Å². The van der Waals surface area contributed by atoms with Gasteiger partial charge in [-0.15, -0.1) is 0 Å². The second-order valence-electron chi connectivity index (χ2n) is 6.36. The Kier molecular flexibility index (Phi) is 6.32. The summed E-state index contributed by atoms with van der Waals surface area (Å²) >= 11 is 6.44. The molecule has 3 rings (SSSR count). The normalized spacial score (nSPS) is 11.2. The molecule has 0 saturated carbocycles. The number of benzene rings is 2. The van der Waals surface area contributed by atoms with Gasteiger partial charge < -0.3 is 14.7 Å². The number of ether oxygens (including phenoxy) is 1. The minimum Gasteiger partial charge on any atom is -0.492 e. The number of carboxylic acid groups (broad SMARTS) is 1. The van der Waals surface area contributed by atoms with Gasteiger partial charge in [-0.3, -0.25) is 4.79 Å². The van der Waals surface area contributed by atoms with Crippen molar-refractivity contribution < 1.29 is 14.6 Å². The lowest BCUT2D eigenvalue weighted by Gasteiger charge is -2.16. The maximum Gasteiger partial charge on any atom is 0.303 e. The lowest BCUT2D eigenvalue weighted by atomic mass is 10.2. The third-order valence-electron chi connectivity index (χ3n) is 4.27. The van der Waals surface area contributed by atoms with Gasteiger partial charge in [-0.25, -0.2) is 4.68 Å². The highest BCUT2D eigenvalue weighted by molar-refractivity contribution is 6.34. The number of aliphatic carboxylic acids is 1. The Bertz CT molecular complexity index is 908. The highest BCUT2D eigenvalue weighted by atomic mass is 35.5. The van der Waals surface area contributed by atoms with Crippen LogP contribution in [0.1, 0.15) is 12.8 Å². The molecular formula is C20H22ClN3O3. The summed E-state index contributed by atoms with van der Waals surface area (Å²) in [6.45, 7) is 2.01. The van der Waals surface area contributed by atoms with E-state index >= 15 is 0 Å². The van der Waals surface area contributed by atoms with Crippen molar-refractivity contribution >= 4 is 28.5 Å². The van der Waals surface area contributed by atoms with Gasteiger partial charge in [0, 0.05) is 18.4 Å². The topological polar surface area (TPSA) is 67.6 Å². The summed E-state index contributed by atoms with van der Waals surface area (Å²) < 4.78 is 7.48. The maximum atomic E-state index is 10.5. The summed E-state index contributed by atoms with van der Waals surface area (Å²) in [6.07, 6.45) is 0.831. The van der Waals surface area contributed by atoms with E-state index in [0.717, 1.165) is 35.4 Å². The fourth-order valence-electron chi connectivity index (χ4n) is 2.79. The molecule has 0 fully saturated rings. The van der Waals surface area contributed by atoms with Gasteiger partial charge in [0.1, 0.15) is 17.5 Å². The van der Waals surface area contributed by atoms with Crippen LogP contribution in [0.3, 0.4) is 0 Å². The Hall–Kier alpha value is -2.57. The van der Waals surface area contributed by atoms with Crippen LogP contribution in [0.15, 0.2) is 48.5 Å². The van der Waals surface area contributed by atoms with Crippen molar-refractivity contribution in [2.45, 2.75) is 12.8 Å². The van der Waals surface area contributed by atoms with E-state index in [9.17, 15) is 4.79 Å². The largest absolute Gasteiger partial charge is 0.492 e. The molecule has 0 aliphatic carbocycles. The highest BCUT2D eigenvalue weighted by Crippen LogP contribution is 2.26. The Morgan fingerprint density at radius 1 is 1.19 bits per heavy atom. The molecule has 142 valence electrons. The monoisotopic (exact) mass is 387 g/mol. The van der Waals surface area contributed by atoms with Crippen LogP contribution in [-0.2, 0) is 4.79 Å². The van der Waals surface area contributed by atoms with E-state index in [1.807, 2.05) is 55.6 Å². The maximum absolute atomic E-state index is 10.5. The Balaban J connectivity index is 1.54. The number of rotatable bonds is 9. The van der Waals surface area contributed by atoms with Crippen molar-refractivity contribution in [3.05, 3.63) is 53.7 Å². The first-order chi connectivity index (χ1) is 13.0. The summed E-state index contributed by atoms with van der Waals surface area (Å²) in [6, 6.07) is 15.4. The van der Waals surface area contributed by atoms with E-state index in [1.165, 1.54) is 0 Å². The number of carbonyl (C=O) groups is 1. The minimum atomic E-state index is -0.759. The molecule has 0 aliphatic heterocycles. The molecule has 0 atom stereocenters. The van der Waals surface area contributed by atoms with Gasteiger partial charge >= 0.3 is 5.97 Å². The minimum absolute atomic E-state index is 0.192.